The van der Waals surface area contributed by atoms with Crippen LogP contribution in [0, 0.1) is 13.8 Å². The Morgan fingerprint density at radius 2 is 1.62 bits per heavy atom. The molecule has 7 heteroatoms. The van der Waals surface area contributed by atoms with Crippen molar-refractivity contribution in [2.75, 3.05) is 11.9 Å². The highest BCUT2D eigenvalue weighted by Gasteiger charge is 2.19. The van der Waals surface area contributed by atoms with Crippen molar-refractivity contribution in [1.29, 1.82) is 0 Å². The van der Waals surface area contributed by atoms with E-state index in [1.54, 1.807) is 36.4 Å². The maximum atomic E-state index is 12.2. The maximum absolute atomic E-state index is 12.2. The predicted octanol–water partition coefficient (Wildman–Crippen LogP) is 2.81. The van der Waals surface area contributed by atoms with Crippen molar-refractivity contribution in [3.8, 4) is 0 Å². The fourth-order valence-corrected chi connectivity index (χ4v) is 2.71. The van der Waals surface area contributed by atoms with Gasteiger partial charge < -0.3 is 15.4 Å². The smallest absolute Gasteiger partial charge is 0.326 e. The van der Waals surface area contributed by atoms with E-state index in [1.165, 1.54) is 13.8 Å². The molecule has 0 aliphatic heterocycles. The number of hydrogen-bond donors (Lipinski definition) is 2. The SMILES string of the molecule is CC(=O)c1cccc(NC(=O)[C@@H](C)OC(=O)CNC(=O)c2cc(C)cc(C)c2)c1. The second kappa shape index (κ2) is 9.64. The minimum atomic E-state index is -1.07. The number of nitrogens with one attached hydrogen (secondary N) is 2. The van der Waals surface area contributed by atoms with E-state index in [4.69, 9.17) is 4.74 Å². The second-order valence-corrected chi connectivity index (χ2v) is 6.82. The van der Waals surface area contributed by atoms with Gasteiger partial charge in [-0.3, -0.25) is 19.2 Å². The Morgan fingerprint density at radius 3 is 2.24 bits per heavy atom. The van der Waals surface area contributed by atoms with E-state index in [0.29, 0.717) is 16.8 Å². The first-order chi connectivity index (χ1) is 13.7. The Labute approximate surface area is 169 Å². The van der Waals surface area contributed by atoms with Gasteiger partial charge in [0.2, 0.25) is 0 Å². The summed E-state index contributed by atoms with van der Waals surface area (Å²) in [5.41, 5.74) is 3.22. The van der Waals surface area contributed by atoms with Gasteiger partial charge in [0, 0.05) is 16.8 Å². The van der Waals surface area contributed by atoms with Crippen molar-refractivity contribution in [1.82, 2.24) is 5.32 Å². The second-order valence-electron chi connectivity index (χ2n) is 6.82. The van der Waals surface area contributed by atoms with Gasteiger partial charge in [-0.05, 0) is 52.0 Å². The molecule has 2 aromatic rings. The summed E-state index contributed by atoms with van der Waals surface area (Å²) in [6.45, 7) is 6.25. The number of benzene rings is 2. The number of amides is 2. The highest BCUT2D eigenvalue weighted by Crippen LogP contribution is 2.12. The standard InChI is InChI=1S/C22H24N2O5/c1-13-8-14(2)10-18(9-13)22(28)23-12-20(26)29-16(4)21(27)24-19-7-5-6-17(11-19)15(3)25/h5-11,16H,12H2,1-4H3,(H,23,28)(H,24,27)/t16-/m1/s1. The molecule has 7 nitrogen and oxygen atoms in total. The van der Waals surface area contributed by atoms with E-state index < -0.39 is 23.9 Å². The largest absolute Gasteiger partial charge is 0.451 e. The van der Waals surface area contributed by atoms with Crippen molar-refractivity contribution >= 4 is 29.3 Å². The van der Waals surface area contributed by atoms with Crippen LogP contribution in [-0.4, -0.2) is 36.2 Å². The monoisotopic (exact) mass is 396 g/mol. The Balaban J connectivity index is 1.86. The average Bonchev–Trinajstić information content (AvgIpc) is 2.65. The minimum absolute atomic E-state index is 0.125. The molecule has 1 atom stereocenters. The number of rotatable bonds is 7. The predicted molar refractivity (Wildman–Crippen MR) is 109 cm³/mol. The molecule has 2 N–H and O–H groups in total. The van der Waals surface area contributed by atoms with Crippen molar-refractivity contribution in [3.63, 3.8) is 0 Å². The summed E-state index contributed by atoms with van der Waals surface area (Å²) in [4.78, 5) is 47.8. The minimum Gasteiger partial charge on any atom is -0.451 e. The van der Waals surface area contributed by atoms with Crippen LogP contribution >= 0.6 is 0 Å². The lowest BCUT2D eigenvalue weighted by atomic mass is 10.1. The van der Waals surface area contributed by atoms with E-state index >= 15 is 0 Å². The van der Waals surface area contributed by atoms with Crippen LogP contribution in [0.1, 0.15) is 45.7 Å². The Morgan fingerprint density at radius 1 is 0.966 bits per heavy atom. The zero-order chi connectivity index (χ0) is 21.6. The number of esters is 1. The van der Waals surface area contributed by atoms with E-state index in [9.17, 15) is 19.2 Å². The van der Waals surface area contributed by atoms with Crippen LogP contribution in [-0.2, 0) is 14.3 Å². The fraction of sp³-hybridized carbons (Fsp3) is 0.273. The summed E-state index contributed by atoms with van der Waals surface area (Å²) in [5.74, 6) is -1.80. The van der Waals surface area contributed by atoms with Crippen LogP contribution in [0.15, 0.2) is 42.5 Å². The summed E-state index contributed by atoms with van der Waals surface area (Å²) < 4.78 is 5.06. The van der Waals surface area contributed by atoms with Gasteiger partial charge in [0.25, 0.3) is 11.8 Å². The molecule has 2 rings (SSSR count). The van der Waals surface area contributed by atoms with Gasteiger partial charge in [-0.25, -0.2) is 0 Å². The summed E-state index contributed by atoms with van der Waals surface area (Å²) >= 11 is 0. The Bertz CT molecular complexity index is 932. The molecule has 2 aromatic carbocycles. The topological polar surface area (TPSA) is 102 Å². The molecule has 0 saturated carbocycles. The first-order valence-electron chi connectivity index (χ1n) is 9.13. The average molecular weight is 396 g/mol. The highest BCUT2D eigenvalue weighted by atomic mass is 16.5. The number of aryl methyl sites for hydroxylation is 2. The number of carbonyl (C=O) groups excluding carboxylic acids is 4. The molecule has 0 radical (unpaired) electrons. The quantitative estimate of drug-likeness (QED) is 0.554. The number of carbonyl (C=O) groups is 4. The van der Waals surface area contributed by atoms with E-state index in [-0.39, 0.29) is 12.3 Å². The molecule has 0 heterocycles. The van der Waals surface area contributed by atoms with Gasteiger partial charge in [-0.15, -0.1) is 0 Å². The fourth-order valence-electron chi connectivity index (χ4n) is 2.71. The van der Waals surface area contributed by atoms with Crippen LogP contribution in [0.5, 0.6) is 0 Å². The Kier molecular flexibility index (Phi) is 7.25. The number of ether oxygens (including phenoxy) is 1. The summed E-state index contributed by atoms with van der Waals surface area (Å²) in [6, 6.07) is 11.8. The lowest BCUT2D eigenvalue weighted by Crippen LogP contribution is -2.35. The molecule has 29 heavy (non-hydrogen) atoms. The first kappa shape index (κ1) is 21.8. The Hall–Kier alpha value is -3.48. The number of hydrogen-bond acceptors (Lipinski definition) is 5. The van der Waals surface area contributed by atoms with Gasteiger partial charge >= 0.3 is 5.97 Å². The molecule has 152 valence electrons. The molecule has 0 saturated heterocycles. The highest BCUT2D eigenvalue weighted by molar-refractivity contribution is 5.99. The van der Waals surface area contributed by atoms with Crippen molar-refractivity contribution in [2.45, 2.75) is 33.8 Å². The molecular weight excluding hydrogens is 372 g/mol. The third-order valence-corrected chi connectivity index (χ3v) is 4.09. The maximum Gasteiger partial charge on any atom is 0.326 e. The van der Waals surface area contributed by atoms with E-state index in [0.717, 1.165) is 11.1 Å². The lowest BCUT2D eigenvalue weighted by molar-refractivity contribution is -0.152. The molecular formula is C22H24N2O5. The van der Waals surface area contributed by atoms with E-state index in [2.05, 4.69) is 10.6 Å². The van der Waals surface area contributed by atoms with Gasteiger partial charge in [0.1, 0.15) is 6.54 Å². The number of Topliss-reactive ketones (excluding diaryl/α,β-unsaturated/α-hetero) is 1. The van der Waals surface area contributed by atoms with Gasteiger partial charge in [0.05, 0.1) is 0 Å². The van der Waals surface area contributed by atoms with Gasteiger partial charge in [-0.1, -0.05) is 29.3 Å². The van der Waals surface area contributed by atoms with Crippen molar-refractivity contribution < 1.29 is 23.9 Å². The molecule has 0 fully saturated rings. The van der Waals surface area contributed by atoms with Crippen molar-refractivity contribution in [2.24, 2.45) is 0 Å². The number of ketones is 1. The molecule has 0 aliphatic carbocycles. The van der Waals surface area contributed by atoms with Crippen LogP contribution in [0.25, 0.3) is 0 Å². The summed E-state index contributed by atoms with van der Waals surface area (Å²) in [7, 11) is 0. The molecule has 2 amide bonds. The van der Waals surface area contributed by atoms with Crippen LogP contribution in [0.3, 0.4) is 0 Å². The molecule has 0 spiro atoms. The third kappa shape index (κ3) is 6.57. The molecule has 0 aliphatic rings. The molecule has 0 aromatic heterocycles. The van der Waals surface area contributed by atoms with Gasteiger partial charge in [0.15, 0.2) is 11.9 Å². The third-order valence-electron chi connectivity index (χ3n) is 4.09. The van der Waals surface area contributed by atoms with Gasteiger partial charge in [-0.2, -0.15) is 0 Å². The van der Waals surface area contributed by atoms with Crippen LogP contribution in [0.4, 0.5) is 5.69 Å². The zero-order valence-electron chi connectivity index (χ0n) is 16.9. The normalized spacial score (nSPS) is 11.3. The van der Waals surface area contributed by atoms with Crippen molar-refractivity contribution in [3.05, 3.63) is 64.7 Å². The van der Waals surface area contributed by atoms with Crippen LogP contribution < -0.4 is 10.6 Å². The zero-order valence-corrected chi connectivity index (χ0v) is 16.9. The van der Waals surface area contributed by atoms with E-state index in [1.807, 2.05) is 19.9 Å². The molecule has 0 unspecified atom stereocenters. The molecule has 0 bridgehead atoms. The lowest BCUT2D eigenvalue weighted by Gasteiger charge is -2.14. The summed E-state index contributed by atoms with van der Waals surface area (Å²) in [5, 5.41) is 5.07. The first-order valence-corrected chi connectivity index (χ1v) is 9.13. The summed E-state index contributed by atoms with van der Waals surface area (Å²) in [6.07, 6.45) is -1.07. The number of anilines is 1. The van der Waals surface area contributed by atoms with Crippen LogP contribution in [0.2, 0.25) is 0 Å².